The van der Waals surface area contributed by atoms with Gasteiger partial charge >= 0.3 is 0 Å². The van der Waals surface area contributed by atoms with Crippen LogP contribution in [0, 0.1) is 0 Å². The number of methoxy groups -OCH3 is 1. The zero-order chi connectivity index (χ0) is 18.2. The predicted molar refractivity (Wildman–Crippen MR) is 117 cm³/mol. The van der Waals surface area contributed by atoms with E-state index < -0.39 is 0 Å². The second-order valence-corrected chi connectivity index (χ2v) is 5.49. The predicted octanol–water partition coefficient (Wildman–Crippen LogP) is 2.95. The van der Waals surface area contributed by atoms with Crippen LogP contribution in [-0.4, -0.2) is 52.6 Å². The molecule has 0 atom stereocenters. The van der Waals surface area contributed by atoms with Gasteiger partial charge in [-0.15, -0.1) is 24.0 Å². The zero-order valence-corrected chi connectivity index (χ0v) is 18.6. The quantitative estimate of drug-likeness (QED) is 0.197. The number of aliphatic imine (C=N–C) groups is 1. The summed E-state index contributed by atoms with van der Waals surface area (Å²) >= 11 is 0. The van der Waals surface area contributed by atoms with Gasteiger partial charge in [-0.3, -0.25) is 0 Å². The number of nitrogens with one attached hydrogen (secondary N) is 2. The highest BCUT2D eigenvalue weighted by Gasteiger charge is 2.02. The minimum Gasteiger partial charge on any atom is -0.382 e. The summed E-state index contributed by atoms with van der Waals surface area (Å²) in [6, 6.07) is 8.27. The van der Waals surface area contributed by atoms with E-state index in [0.717, 1.165) is 25.5 Å². The molecule has 0 bridgehead atoms. The van der Waals surface area contributed by atoms with E-state index in [9.17, 15) is 0 Å². The molecule has 1 aromatic rings. The van der Waals surface area contributed by atoms with Gasteiger partial charge < -0.3 is 24.8 Å². The van der Waals surface area contributed by atoms with E-state index in [1.165, 1.54) is 11.1 Å². The Hall–Kier alpha value is -0.900. The van der Waals surface area contributed by atoms with E-state index in [2.05, 4.69) is 34.7 Å². The van der Waals surface area contributed by atoms with Crippen LogP contribution < -0.4 is 10.6 Å². The first kappa shape index (κ1) is 25.1. The van der Waals surface area contributed by atoms with Crippen molar-refractivity contribution in [3.8, 4) is 0 Å². The molecule has 0 saturated carbocycles. The molecule has 2 N–H and O–H groups in total. The largest absolute Gasteiger partial charge is 0.382 e. The summed E-state index contributed by atoms with van der Waals surface area (Å²) in [7, 11) is 1.68. The smallest absolute Gasteiger partial charge is 0.191 e. The third-order valence-electron chi connectivity index (χ3n) is 3.52. The number of guanidine groups is 1. The molecule has 0 aliphatic rings. The Bertz CT molecular complexity index is 487. The third kappa shape index (κ3) is 11.7. The Kier molecular flexibility index (Phi) is 16.9. The maximum absolute atomic E-state index is 5.53. The normalized spacial score (nSPS) is 11.1. The van der Waals surface area contributed by atoms with Crippen LogP contribution in [0.15, 0.2) is 29.3 Å². The Morgan fingerprint density at radius 3 is 2.46 bits per heavy atom. The highest BCUT2D eigenvalue weighted by atomic mass is 127. The van der Waals surface area contributed by atoms with E-state index in [1.54, 1.807) is 7.11 Å². The lowest BCUT2D eigenvalue weighted by Crippen LogP contribution is -2.38. The molecular weight excluding hydrogens is 445 g/mol. The van der Waals surface area contributed by atoms with Crippen molar-refractivity contribution in [1.82, 2.24) is 10.6 Å². The van der Waals surface area contributed by atoms with Gasteiger partial charge in [0.05, 0.1) is 26.4 Å². The van der Waals surface area contributed by atoms with Crippen molar-refractivity contribution in [2.24, 2.45) is 4.99 Å². The summed E-state index contributed by atoms with van der Waals surface area (Å²) in [4.78, 5) is 4.68. The second kappa shape index (κ2) is 17.5. The molecular formula is C19H34IN3O3. The minimum absolute atomic E-state index is 0. The van der Waals surface area contributed by atoms with Gasteiger partial charge in [-0.1, -0.05) is 24.3 Å². The summed E-state index contributed by atoms with van der Waals surface area (Å²) in [6.45, 7) is 9.69. The molecule has 0 aliphatic carbocycles. The highest BCUT2D eigenvalue weighted by Crippen LogP contribution is 2.11. The second-order valence-electron chi connectivity index (χ2n) is 5.49. The van der Waals surface area contributed by atoms with Crippen LogP contribution in [-0.2, 0) is 27.4 Å². The van der Waals surface area contributed by atoms with Crippen molar-refractivity contribution in [2.45, 2.75) is 33.4 Å². The van der Waals surface area contributed by atoms with Crippen molar-refractivity contribution in [3.05, 3.63) is 35.4 Å². The van der Waals surface area contributed by atoms with Crippen LogP contribution in [0.1, 0.15) is 31.4 Å². The molecule has 6 nitrogen and oxygen atoms in total. The molecule has 1 aromatic carbocycles. The molecule has 0 fully saturated rings. The van der Waals surface area contributed by atoms with Crippen molar-refractivity contribution < 1.29 is 14.2 Å². The SMILES string of the molecule is CCNC(=NCc1ccccc1COCC)NCCCOCCOC.I. The zero-order valence-electron chi connectivity index (χ0n) is 16.3. The first-order chi connectivity index (χ1) is 12.3. The Morgan fingerprint density at radius 1 is 1.00 bits per heavy atom. The molecule has 7 heteroatoms. The molecule has 0 spiro atoms. The van der Waals surface area contributed by atoms with Crippen LogP contribution >= 0.6 is 24.0 Å². The molecule has 0 heterocycles. The summed E-state index contributed by atoms with van der Waals surface area (Å²) in [5, 5.41) is 6.61. The number of hydrogen-bond acceptors (Lipinski definition) is 4. The number of halogens is 1. The molecule has 26 heavy (non-hydrogen) atoms. The van der Waals surface area contributed by atoms with Crippen LogP contribution in [0.4, 0.5) is 0 Å². The first-order valence-corrected chi connectivity index (χ1v) is 9.05. The van der Waals surface area contributed by atoms with Crippen LogP contribution in [0.2, 0.25) is 0 Å². The minimum atomic E-state index is 0. The van der Waals surface area contributed by atoms with Crippen LogP contribution in [0.3, 0.4) is 0 Å². The summed E-state index contributed by atoms with van der Waals surface area (Å²) in [5.41, 5.74) is 2.38. The van der Waals surface area contributed by atoms with Crippen LogP contribution in [0.25, 0.3) is 0 Å². The fourth-order valence-electron chi connectivity index (χ4n) is 2.20. The van der Waals surface area contributed by atoms with Gasteiger partial charge in [0.25, 0.3) is 0 Å². The number of benzene rings is 1. The first-order valence-electron chi connectivity index (χ1n) is 9.05. The van der Waals surface area contributed by atoms with Gasteiger partial charge in [0.2, 0.25) is 0 Å². The lowest BCUT2D eigenvalue weighted by molar-refractivity contribution is 0.0698. The molecule has 0 radical (unpaired) electrons. The summed E-state index contributed by atoms with van der Waals surface area (Å²) in [6.07, 6.45) is 0.926. The van der Waals surface area contributed by atoms with E-state index >= 15 is 0 Å². The lowest BCUT2D eigenvalue weighted by atomic mass is 10.1. The fraction of sp³-hybridized carbons (Fsp3) is 0.632. The standard InChI is InChI=1S/C19H33N3O3.HI/c1-4-20-19(21-11-8-12-25-14-13-23-3)22-15-17-9-6-7-10-18(17)16-24-5-2;/h6-7,9-10H,4-5,8,11-16H2,1-3H3,(H2,20,21,22);1H. The number of rotatable bonds is 13. The molecule has 0 saturated heterocycles. The van der Waals surface area contributed by atoms with E-state index in [1.807, 2.05) is 19.1 Å². The van der Waals surface area contributed by atoms with Crippen LogP contribution in [0.5, 0.6) is 0 Å². The molecule has 150 valence electrons. The van der Waals surface area contributed by atoms with Gasteiger partial charge in [-0.05, 0) is 31.4 Å². The van der Waals surface area contributed by atoms with Crippen molar-refractivity contribution >= 4 is 29.9 Å². The van der Waals surface area contributed by atoms with Gasteiger partial charge in [-0.25, -0.2) is 4.99 Å². The molecule has 0 aliphatic heterocycles. The van der Waals surface area contributed by atoms with Crippen molar-refractivity contribution in [1.29, 1.82) is 0 Å². The van der Waals surface area contributed by atoms with Gasteiger partial charge in [0.1, 0.15) is 0 Å². The van der Waals surface area contributed by atoms with E-state index in [-0.39, 0.29) is 24.0 Å². The maximum atomic E-state index is 5.53. The Morgan fingerprint density at radius 2 is 1.77 bits per heavy atom. The number of nitrogens with zero attached hydrogens (tertiary/aromatic N) is 1. The average Bonchev–Trinajstić information content (AvgIpc) is 2.64. The highest BCUT2D eigenvalue weighted by molar-refractivity contribution is 14.0. The topological polar surface area (TPSA) is 64.1 Å². The third-order valence-corrected chi connectivity index (χ3v) is 3.52. The molecule has 0 unspecified atom stereocenters. The Labute approximate surface area is 175 Å². The molecule has 1 rings (SSSR count). The summed E-state index contributed by atoms with van der Waals surface area (Å²) < 4.78 is 15.9. The lowest BCUT2D eigenvalue weighted by Gasteiger charge is -2.12. The van der Waals surface area contributed by atoms with Gasteiger partial charge in [-0.2, -0.15) is 0 Å². The van der Waals surface area contributed by atoms with Crippen molar-refractivity contribution in [2.75, 3.05) is 46.6 Å². The fourth-order valence-corrected chi connectivity index (χ4v) is 2.20. The number of hydrogen-bond donors (Lipinski definition) is 2. The molecule has 0 amide bonds. The maximum Gasteiger partial charge on any atom is 0.191 e. The van der Waals surface area contributed by atoms with Crippen molar-refractivity contribution in [3.63, 3.8) is 0 Å². The average molecular weight is 479 g/mol. The molecule has 0 aromatic heterocycles. The van der Waals surface area contributed by atoms with Gasteiger partial charge in [0.15, 0.2) is 5.96 Å². The monoisotopic (exact) mass is 479 g/mol. The van der Waals surface area contributed by atoms with E-state index in [0.29, 0.717) is 39.6 Å². The number of ether oxygens (including phenoxy) is 3. The summed E-state index contributed by atoms with van der Waals surface area (Å²) in [5.74, 6) is 0.825. The van der Waals surface area contributed by atoms with Gasteiger partial charge in [0, 0.05) is 33.4 Å². The van der Waals surface area contributed by atoms with E-state index in [4.69, 9.17) is 14.2 Å². The Balaban J connectivity index is 0.00000625.